The van der Waals surface area contributed by atoms with Crippen LogP contribution in [0.2, 0.25) is 0 Å². The lowest BCUT2D eigenvalue weighted by molar-refractivity contribution is 0.254. The normalized spacial score (nSPS) is 15.3. The van der Waals surface area contributed by atoms with E-state index in [1.54, 1.807) is 0 Å². The molecule has 1 aromatic rings. The maximum absolute atomic E-state index is 3.67. The van der Waals surface area contributed by atoms with Crippen LogP contribution in [-0.4, -0.2) is 12.1 Å². The Bertz CT molecular complexity index is 414. The second kappa shape index (κ2) is 6.09. The first kappa shape index (κ1) is 16.2. The SMILES string of the molecule is CCC(C)(CNC(C)(C)C)Cc1cc(C)ccc1C. The van der Waals surface area contributed by atoms with E-state index in [1.165, 1.54) is 23.1 Å². The molecular formula is C18H31N. The van der Waals surface area contributed by atoms with Crippen LogP contribution in [0.15, 0.2) is 18.2 Å². The highest BCUT2D eigenvalue weighted by atomic mass is 15.0. The summed E-state index contributed by atoms with van der Waals surface area (Å²) in [5, 5.41) is 3.67. The van der Waals surface area contributed by atoms with E-state index in [0.717, 1.165) is 13.0 Å². The third kappa shape index (κ3) is 5.36. The molecule has 0 saturated heterocycles. The van der Waals surface area contributed by atoms with Gasteiger partial charge < -0.3 is 5.32 Å². The van der Waals surface area contributed by atoms with Crippen LogP contribution >= 0.6 is 0 Å². The summed E-state index contributed by atoms with van der Waals surface area (Å²) in [4.78, 5) is 0. The van der Waals surface area contributed by atoms with Gasteiger partial charge in [-0.1, -0.05) is 37.6 Å². The minimum atomic E-state index is 0.193. The molecule has 0 aliphatic carbocycles. The summed E-state index contributed by atoms with van der Waals surface area (Å²) in [7, 11) is 0. The molecule has 0 fully saturated rings. The molecule has 1 aromatic carbocycles. The van der Waals surface area contributed by atoms with Crippen LogP contribution in [0.3, 0.4) is 0 Å². The molecule has 0 amide bonds. The Labute approximate surface area is 119 Å². The first-order valence-electron chi connectivity index (χ1n) is 7.46. The second-order valence-electron chi connectivity index (χ2n) is 7.37. The molecule has 1 N–H and O–H groups in total. The molecule has 0 spiro atoms. The summed E-state index contributed by atoms with van der Waals surface area (Å²) in [5.41, 5.74) is 4.80. The average Bonchev–Trinajstić information content (AvgIpc) is 2.31. The average molecular weight is 261 g/mol. The van der Waals surface area contributed by atoms with Gasteiger partial charge in [-0.2, -0.15) is 0 Å². The summed E-state index contributed by atoms with van der Waals surface area (Å²) in [5.74, 6) is 0. The molecule has 0 radical (unpaired) electrons. The van der Waals surface area contributed by atoms with Gasteiger partial charge in [0.2, 0.25) is 0 Å². The number of nitrogens with one attached hydrogen (secondary N) is 1. The lowest BCUT2D eigenvalue weighted by Crippen LogP contribution is -2.43. The van der Waals surface area contributed by atoms with Crippen molar-refractivity contribution >= 4 is 0 Å². The smallest absolute Gasteiger partial charge is 0.00967 e. The van der Waals surface area contributed by atoms with Crippen molar-refractivity contribution in [3.05, 3.63) is 34.9 Å². The van der Waals surface area contributed by atoms with Crippen LogP contribution in [-0.2, 0) is 6.42 Å². The molecule has 108 valence electrons. The van der Waals surface area contributed by atoms with Crippen LogP contribution < -0.4 is 5.32 Å². The highest BCUT2D eigenvalue weighted by Gasteiger charge is 2.25. The largest absolute Gasteiger partial charge is 0.312 e. The Balaban J connectivity index is 2.82. The Morgan fingerprint density at radius 2 is 1.68 bits per heavy atom. The van der Waals surface area contributed by atoms with Gasteiger partial charge in [0.25, 0.3) is 0 Å². The van der Waals surface area contributed by atoms with Crippen LogP contribution in [0.5, 0.6) is 0 Å². The zero-order valence-corrected chi connectivity index (χ0v) is 13.9. The van der Waals surface area contributed by atoms with Crippen molar-refractivity contribution in [1.29, 1.82) is 0 Å². The number of aryl methyl sites for hydroxylation is 2. The van der Waals surface area contributed by atoms with E-state index in [1.807, 2.05) is 0 Å². The van der Waals surface area contributed by atoms with Gasteiger partial charge >= 0.3 is 0 Å². The Morgan fingerprint density at radius 1 is 1.05 bits per heavy atom. The Kier molecular flexibility index (Phi) is 5.20. The molecule has 1 nitrogen and oxygen atoms in total. The lowest BCUT2D eigenvalue weighted by atomic mass is 9.79. The molecule has 0 aliphatic heterocycles. The van der Waals surface area contributed by atoms with Gasteiger partial charge in [-0.25, -0.2) is 0 Å². The van der Waals surface area contributed by atoms with Crippen molar-refractivity contribution in [2.24, 2.45) is 5.41 Å². The van der Waals surface area contributed by atoms with E-state index in [0.29, 0.717) is 5.41 Å². The van der Waals surface area contributed by atoms with Gasteiger partial charge in [0.15, 0.2) is 0 Å². The summed E-state index contributed by atoms with van der Waals surface area (Å²) in [6.07, 6.45) is 2.35. The molecule has 1 atom stereocenters. The Hall–Kier alpha value is -0.820. The fraction of sp³-hybridized carbons (Fsp3) is 0.667. The van der Waals surface area contributed by atoms with Gasteiger partial charge in [-0.3, -0.25) is 0 Å². The number of hydrogen-bond acceptors (Lipinski definition) is 1. The van der Waals surface area contributed by atoms with Gasteiger partial charge in [0.1, 0.15) is 0 Å². The number of hydrogen-bond donors (Lipinski definition) is 1. The van der Waals surface area contributed by atoms with Crippen LogP contribution in [0, 0.1) is 19.3 Å². The van der Waals surface area contributed by atoms with Crippen molar-refractivity contribution in [2.75, 3.05) is 6.54 Å². The highest BCUT2D eigenvalue weighted by Crippen LogP contribution is 2.28. The Morgan fingerprint density at radius 3 is 2.21 bits per heavy atom. The predicted molar refractivity (Wildman–Crippen MR) is 85.8 cm³/mol. The topological polar surface area (TPSA) is 12.0 Å². The lowest BCUT2D eigenvalue weighted by Gasteiger charge is -2.33. The molecule has 0 aromatic heterocycles. The van der Waals surface area contributed by atoms with Crippen LogP contribution in [0.4, 0.5) is 0 Å². The minimum Gasteiger partial charge on any atom is -0.312 e. The molecule has 0 aliphatic rings. The van der Waals surface area contributed by atoms with Crippen molar-refractivity contribution in [3.63, 3.8) is 0 Å². The van der Waals surface area contributed by atoms with Crippen molar-refractivity contribution in [2.45, 2.75) is 66.8 Å². The van der Waals surface area contributed by atoms with E-state index < -0.39 is 0 Å². The molecule has 1 unspecified atom stereocenters. The molecule has 0 heterocycles. The summed E-state index contributed by atoms with van der Waals surface area (Å²) in [6.45, 7) is 16.9. The zero-order chi connectivity index (χ0) is 14.7. The molecular weight excluding hydrogens is 230 g/mol. The quantitative estimate of drug-likeness (QED) is 0.813. The standard InChI is InChI=1S/C18H31N/c1-8-18(7,13-19-17(4,5)6)12-16-11-14(2)9-10-15(16)3/h9-11,19H,8,12-13H2,1-7H3. The van der Waals surface area contributed by atoms with Crippen molar-refractivity contribution in [3.8, 4) is 0 Å². The van der Waals surface area contributed by atoms with E-state index >= 15 is 0 Å². The van der Waals surface area contributed by atoms with Crippen LogP contribution in [0.1, 0.15) is 57.7 Å². The summed E-state index contributed by atoms with van der Waals surface area (Å²) >= 11 is 0. The first-order chi connectivity index (χ1) is 8.65. The van der Waals surface area contributed by atoms with E-state index in [-0.39, 0.29) is 5.54 Å². The van der Waals surface area contributed by atoms with Crippen molar-refractivity contribution in [1.82, 2.24) is 5.32 Å². The van der Waals surface area contributed by atoms with Gasteiger partial charge in [0.05, 0.1) is 0 Å². The van der Waals surface area contributed by atoms with Gasteiger partial charge in [-0.05, 0) is 64.0 Å². The fourth-order valence-electron chi connectivity index (χ4n) is 2.24. The van der Waals surface area contributed by atoms with Crippen LogP contribution in [0.25, 0.3) is 0 Å². The third-order valence-electron chi connectivity index (χ3n) is 4.02. The van der Waals surface area contributed by atoms with E-state index in [4.69, 9.17) is 0 Å². The zero-order valence-electron chi connectivity index (χ0n) is 13.9. The number of benzene rings is 1. The molecule has 0 bridgehead atoms. The third-order valence-corrected chi connectivity index (χ3v) is 4.02. The maximum atomic E-state index is 3.67. The van der Waals surface area contributed by atoms with Gasteiger partial charge in [-0.15, -0.1) is 0 Å². The highest BCUT2D eigenvalue weighted by molar-refractivity contribution is 5.31. The number of rotatable bonds is 5. The van der Waals surface area contributed by atoms with Gasteiger partial charge in [0, 0.05) is 12.1 Å². The molecule has 1 heteroatoms. The predicted octanol–water partition coefficient (Wildman–Crippen LogP) is 4.65. The van der Waals surface area contributed by atoms with E-state index in [9.17, 15) is 0 Å². The first-order valence-corrected chi connectivity index (χ1v) is 7.46. The summed E-state index contributed by atoms with van der Waals surface area (Å²) < 4.78 is 0. The van der Waals surface area contributed by atoms with E-state index in [2.05, 4.69) is 72.0 Å². The van der Waals surface area contributed by atoms with Crippen molar-refractivity contribution < 1.29 is 0 Å². The second-order valence-corrected chi connectivity index (χ2v) is 7.37. The minimum absolute atomic E-state index is 0.193. The maximum Gasteiger partial charge on any atom is 0.00967 e. The molecule has 0 saturated carbocycles. The fourth-order valence-corrected chi connectivity index (χ4v) is 2.24. The molecule has 1 rings (SSSR count). The molecule has 19 heavy (non-hydrogen) atoms. The summed E-state index contributed by atoms with van der Waals surface area (Å²) in [6, 6.07) is 6.80. The monoisotopic (exact) mass is 261 g/mol.